The highest BCUT2D eigenvalue weighted by Gasteiger charge is 2.17. The van der Waals surface area contributed by atoms with Crippen molar-refractivity contribution in [1.29, 1.82) is 0 Å². The molecule has 0 amide bonds. The van der Waals surface area contributed by atoms with E-state index < -0.39 is 6.10 Å². The van der Waals surface area contributed by atoms with E-state index in [2.05, 4.69) is 0 Å². The first-order valence-corrected chi connectivity index (χ1v) is 5.71. The smallest absolute Gasteiger partial charge is 0.0952 e. The lowest BCUT2D eigenvalue weighted by molar-refractivity contribution is -0.0591. The van der Waals surface area contributed by atoms with Gasteiger partial charge in [-0.15, -0.1) is 0 Å². The van der Waals surface area contributed by atoms with Gasteiger partial charge in [-0.25, -0.2) is 0 Å². The Hall–Kier alpha value is -0.610. The van der Waals surface area contributed by atoms with E-state index in [0.29, 0.717) is 11.6 Å². The van der Waals surface area contributed by atoms with Crippen LogP contribution >= 0.6 is 11.6 Å². The molecule has 1 aromatic carbocycles. The van der Waals surface area contributed by atoms with Crippen LogP contribution in [-0.4, -0.2) is 23.9 Å². The molecule has 4 heteroatoms. The third kappa shape index (κ3) is 3.76. The van der Waals surface area contributed by atoms with Gasteiger partial charge in [0.05, 0.1) is 18.3 Å². The molecule has 0 aromatic heterocycles. The zero-order valence-electron chi connectivity index (χ0n) is 9.56. The highest BCUT2D eigenvalue weighted by Crippen LogP contribution is 2.21. The lowest BCUT2D eigenvalue weighted by Gasteiger charge is -2.23. The molecule has 0 fully saturated rings. The first kappa shape index (κ1) is 13.5. The average molecular weight is 244 g/mol. The largest absolute Gasteiger partial charge is 0.391 e. The summed E-state index contributed by atoms with van der Waals surface area (Å²) in [6.45, 7) is 3.89. The molecule has 1 aromatic rings. The molecule has 16 heavy (non-hydrogen) atoms. The van der Waals surface area contributed by atoms with Crippen LogP contribution in [0.4, 0.5) is 0 Å². The second-order valence-corrected chi connectivity index (χ2v) is 4.29. The summed E-state index contributed by atoms with van der Waals surface area (Å²) in [6, 6.07) is 7.37. The first-order valence-electron chi connectivity index (χ1n) is 5.33. The van der Waals surface area contributed by atoms with Crippen LogP contribution < -0.4 is 5.73 Å². The van der Waals surface area contributed by atoms with E-state index in [1.54, 1.807) is 19.1 Å². The molecule has 0 saturated heterocycles. The van der Waals surface area contributed by atoms with E-state index >= 15 is 0 Å². The Morgan fingerprint density at radius 3 is 2.31 bits per heavy atom. The zero-order chi connectivity index (χ0) is 12.1. The molecule has 0 saturated carbocycles. The van der Waals surface area contributed by atoms with E-state index in [-0.39, 0.29) is 12.2 Å². The van der Waals surface area contributed by atoms with Gasteiger partial charge in [0.25, 0.3) is 0 Å². The van der Waals surface area contributed by atoms with Gasteiger partial charge in [-0.2, -0.15) is 0 Å². The van der Waals surface area contributed by atoms with E-state index in [0.717, 1.165) is 5.56 Å². The standard InChI is InChI=1S/C12H18ClNO2/c1-8(15)9(2)16-12(7-14)10-3-5-11(13)6-4-10/h3-6,8-9,12,15H,7,14H2,1-2H3. The second-order valence-electron chi connectivity index (χ2n) is 3.86. The number of hydrogen-bond acceptors (Lipinski definition) is 3. The van der Waals surface area contributed by atoms with Crippen molar-refractivity contribution in [1.82, 2.24) is 0 Å². The summed E-state index contributed by atoms with van der Waals surface area (Å²) in [6.07, 6.45) is -0.965. The van der Waals surface area contributed by atoms with Crippen molar-refractivity contribution in [3.63, 3.8) is 0 Å². The summed E-state index contributed by atoms with van der Waals surface area (Å²) in [4.78, 5) is 0. The van der Waals surface area contributed by atoms with Crippen molar-refractivity contribution in [3.05, 3.63) is 34.9 Å². The van der Waals surface area contributed by atoms with Crippen LogP contribution in [0.15, 0.2) is 24.3 Å². The fraction of sp³-hybridized carbons (Fsp3) is 0.500. The maximum absolute atomic E-state index is 9.37. The minimum absolute atomic E-state index is 0.207. The van der Waals surface area contributed by atoms with E-state index in [1.807, 2.05) is 19.1 Å². The van der Waals surface area contributed by atoms with Crippen LogP contribution in [0, 0.1) is 0 Å². The predicted octanol–water partition coefficient (Wildman–Crippen LogP) is 2.13. The van der Waals surface area contributed by atoms with Crippen molar-refractivity contribution < 1.29 is 9.84 Å². The maximum Gasteiger partial charge on any atom is 0.0952 e. The summed E-state index contributed by atoms with van der Waals surface area (Å²) in [5.74, 6) is 0. The number of nitrogens with two attached hydrogens (primary N) is 1. The zero-order valence-corrected chi connectivity index (χ0v) is 10.3. The molecule has 0 aliphatic rings. The lowest BCUT2D eigenvalue weighted by Crippen LogP contribution is -2.28. The summed E-state index contributed by atoms with van der Waals surface area (Å²) in [5.41, 5.74) is 6.62. The van der Waals surface area contributed by atoms with Gasteiger partial charge < -0.3 is 15.6 Å². The predicted molar refractivity (Wildman–Crippen MR) is 65.5 cm³/mol. The Bertz CT molecular complexity index is 313. The van der Waals surface area contributed by atoms with Crippen LogP contribution in [0.5, 0.6) is 0 Å². The highest BCUT2D eigenvalue weighted by molar-refractivity contribution is 6.30. The Kier molecular flexibility index (Phi) is 5.22. The van der Waals surface area contributed by atoms with Crippen LogP contribution in [0.3, 0.4) is 0 Å². The van der Waals surface area contributed by atoms with Crippen molar-refractivity contribution in [2.75, 3.05) is 6.54 Å². The number of hydrogen-bond donors (Lipinski definition) is 2. The van der Waals surface area contributed by atoms with E-state index in [9.17, 15) is 5.11 Å². The molecular weight excluding hydrogens is 226 g/mol. The molecule has 3 N–H and O–H groups in total. The van der Waals surface area contributed by atoms with Crippen LogP contribution in [-0.2, 0) is 4.74 Å². The van der Waals surface area contributed by atoms with Crippen molar-refractivity contribution >= 4 is 11.6 Å². The SMILES string of the molecule is CC(O)C(C)OC(CN)c1ccc(Cl)cc1. The summed E-state index contributed by atoms with van der Waals surface area (Å²) < 4.78 is 5.67. The minimum atomic E-state index is -0.513. The third-order valence-corrected chi connectivity index (χ3v) is 2.77. The number of aliphatic hydroxyl groups excluding tert-OH is 1. The van der Waals surface area contributed by atoms with Crippen molar-refractivity contribution in [3.8, 4) is 0 Å². The molecule has 0 spiro atoms. The molecule has 0 aliphatic carbocycles. The quantitative estimate of drug-likeness (QED) is 0.833. The fourth-order valence-electron chi connectivity index (χ4n) is 1.32. The van der Waals surface area contributed by atoms with E-state index in [4.69, 9.17) is 22.1 Å². The van der Waals surface area contributed by atoms with Gasteiger partial charge in [0.15, 0.2) is 0 Å². The second kappa shape index (κ2) is 6.21. The molecule has 0 aliphatic heterocycles. The van der Waals surface area contributed by atoms with Gasteiger partial charge in [-0.3, -0.25) is 0 Å². The monoisotopic (exact) mass is 243 g/mol. The first-order chi connectivity index (χ1) is 7.54. The Morgan fingerprint density at radius 1 is 1.31 bits per heavy atom. The van der Waals surface area contributed by atoms with Gasteiger partial charge in [0, 0.05) is 11.6 Å². The molecule has 0 radical (unpaired) electrons. The summed E-state index contributed by atoms with van der Waals surface area (Å²) in [7, 11) is 0. The fourth-order valence-corrected chi connectivity index (χ4v) is 1.45. The molecule has 0 bridgehead atoms. The van der Waals surface area contributed by atoms with Crippen molar-refractivity contribution in [2.24, 2.45) is 5.73 Å². The Morgan fingerprint density at radius 2 is 1.88 bits per heavy atom. The minimum Gasteiger partial charge on any atom is -0.391 e. The number of ether oxygens (including phenoxy) is 1. The average Bonchev–Trinajstić information content (AvgIpc) is 2.26. The molecular formula is C12H18ClNO2. The van der Waals surface area contributed by atoms with Gasteiger partial charge in [-0.05, 0) is 31.5 Å². The normalized spacial score (nSPS) is 16.8. The van der Waals surface area contributed by atoms with Crippen LogP contribution in [0.1, 0.15) is 25.5 Å². The van der Waals surface area contributed by atoms with Gasteiger partial charge in [0.1, 0.15) is 0 Å². The molecule has 3 nitrogen and oxygen atoms in total. The van der Waals surface area contributed by atoms with Crippen molar-refractivity contribution in [2.45, 2.75) is 32.2 Å². The van der Waals surface area contributed by atoms with Gasteiger partial charge in [0.2, 0.25) is 0 Å². The van der Waals surface area contributed by atoms with Gasteiger partial charge in [-0.1, -0.05) is 23.7 Å². The summed E-state index contributed by atoms with van der Waals surface area (Å²) >= 11 is 5.80. The maximum atomic E-state index is 9.37. The number of benzene rings is 1. The molecule has 0 heterocycles. The van der Waals surface area contributed by atoms with E-state index in [1.165, 1.54) is 0 Å². The topological polar surface area (TPSA) is 55.5 Å². The molecule has 90 valence electrons. The van der Waals surface area contributed by atoms with Crippen LogP contribution in [0.25, 0.3) is 0 Å². The third-order valence-electron chi connectivity index (χ3n) is 2.51. The lowest BCUT2D eigenvalue weighted by atomic mass is 10.1. The molecule has 1 rings (SSSR count). The van der Waals surface area contributed by atoms with Crippen LogP contribution in [0.2, 0.25) is 5.02 Å². The Balaban J connectivity index is 2.70. The summed E-state index contributed by atoms with van der Waals surface area (Å²) in [5, 5.41) is 10.1. The molecule has 3 atom stereocenters. The highest BCUT2D eigenvalue weighted by atomic mass is 35.5. The number of aliphatic hydroxyl groups is 1. The molecule has 3 unspecified atom stereocenters. The number of rotatable bonds is 5. The Labute approximate surface area is 101 Å². The van der Waals surface area contributed by atoms with Gasteiger partial charge >= 0.3 is 0 Å². The number of halogens is 1.